The van der Waals surface area contributed by atoms with Gasteiger partial charge in [0.25, 0.3) is 0 Å². The minimum Gasteiger partial charge on any atom is -0.507 e. The van der Waals surface area contributed by atoms with Gasteiger partial charge in [-0.2, -0.15) is 0 Å². The first-order chi connectivity index (χ1) is 8.78. The van der Waals surface area contributed by atoms with Crippen LogP contribution in [0.2, 0.25) is 0 Å². The summed E-state index contributed by atoms with van der Waals surface area (Å²) in [4.78, 5) is 4.37. The van der Waals surface area contributed by atoms with E-state index >= 15 is 0 Å². The van der Waals surface area contributed by atoms with Crippen molar-refractivity contribution in [3.8, 4) is 17.2 Å². The van der Waals surface area contributed by atoms with Crippen LogP contribution in [0.25, 0.3) is 22.6 Å². The summed E-state index contributed by atoms with van der Waals surface area (Å²) in [6.07, 6.45) is 0.890. The molecular formula is C15H13NO2. The summed E-state index contributed by atoms with van der Waals surface area (Å²) in [6, 6.07) is 13.1. The highest BCUT2D eigenvalue weighted by atomic mass is 16.3. The maximum absolute atomic E-state index is 10.0. The molecule has 3 nitrogen and oxygen atoms in total. The van der Waals surface area contributed by atoms with Gasteiger partial charge in [-0.1, -0.05) is 25.1 Å². The molecule has 0 radical (unpaired) electrons. The van der Waals surface area contributed by atoms with Crippen LogP contribution in [0.3, 0.4) is 0 Å². The van der Waals surface area contributed by atoms with Gasteiger partial charge in [0.1, 0.15) is 11.3 Å². The maximum Gasteiger partial charge on any atom is 0.231 e. The fraction of sp³-hybridized carbons (Fsp3) is 0.133. The van der Waals surface area contributed by atoms with E-state index in [1.807, 2.05) is 43.3 Å². The largest absolute Gasteiger partial charge is 0.507 e. The zero-order valence-corrected chi connectivity index (χ0v) is 10.1. The summed E-state index contributed by atoms with van der Waals surface area (Å²) in [7, 11) is 0. The average molecular weight is 239 g/mol. The van der Waals surface area contributed by atoms with E-state index in [1.165, 1.54) is 0 Å². The number of hydrogen-bond acceptors (Lipinski definition) is 3. The Morgan fingerprint density at radius 1 is 1.17 bits per heavy atom. The SMILES string of the molecule is CCc1ccc(-c2nc3ccccc3o2)c(O)c1. The molecule has 1 heterocycles. The zero-order chi connectivity index (χ0) is 12.5. The molecule has 0 spiro atoms. The summed E-state index contributed by atoms with van der Waals surface area (Å²) in [6.45, 7) is 2.05. The highest BCUT2D eigenvalue weighted by Gasteiger charge is 2.11. The summed E-state index contributed by atoms with van der Waals surface area (Å²) in [5.74, 6) is 0.664. The van der Waals surface area contributed by atoms with Gasteiger partial charge in [-0.15, -0.1) is 0 Å². The van der Waals surface area contributed by atoms with E-state index in [4.69, 9.17) is 4.42 Å². The number of phenols is 1. The number of fused-ring (bicyclic) bond motifs is 1. The Bertz CT molecular complexity index is 668. The summed E-state index contributed by atoms with van der Waals surface area (Å²) < 4.78 is 5.64. The second-order valence-electron chi connectivity index (χ2n) is 4.19. The lowest BCUT2D eigenvalue weighted by Gasteiger charge is -2.02. The highest BCUT2D eigenvalue weighted by Crippen LogP contribution is 2.31. The van der Waals surface area contributed by atoms with E-state index in [-0.39, 0.29) is 5.75 Å². The van der Waals surface area contributed by atoms with Crippen LogP contribution in [0, 0.1) is 0 Å². The number of aromatic nitrogens is 1. The van der Waals surface area contributed by atoms with Crippen molar-refractivity contribution in [1.82, 2.24) is 4.98 Å². The van der Waals surface area contributed by atoms with E-state index in [0.29, 0.717) is 11.5 Å². The molecule has 0 aliphatic heterocycles. The fourth-order valence-corrected chi connectivity index (χ4v) is 1.97. The van der Waals surface area contributed by atoms with Crippen molar-refractivity contribution < 1.29 is 9.52 Å². The van der Waals surface area contributed by atoms with Gasteiger partial charge in [-0.3, -0.25) is 0 Å². The number of rotatable bonds is 2. The average Bonchev–Trinajstić information content (AvgIpc) is 2.81. The van der Waals surface area contributed by atoms with E-state index in [9.17, 15) is 5.11 Å². The predicted molar refractivity (Wildman–Crippen MR) is 70.5 cm³/mol. The first-order valence-electron chi connectivity index (χ1n) is 5.96. The predicted octanol–water partition coefficient (Wildman–Crippen LogP) is 3.76. The topological polar surface area (TPSA) is 46.3 Å². The normalized spacial score (nSPS) is 10.9. The second-order valence-corrected chi connectivity index (χ2v) is 4.19. The molecule has 3 aromatic rings. The van der Waals surface area contributed by atoms with Gasteiger partial charge in [-0.05, 0) is 36.2 Å². The Morgan fingerprint density at radius 2 is 2.00 bits per heavy atom. The molecule has 0 saturated carbocycles. The molecular weight excluding hydrogens is 226 g/mol. The fourth-order valence-electron chi connectivity index (χ4n) is 1.97. The van der Waals surface area contributed by atoms with Crippen LogP contribution in [-0.2, 0) is 6.42 Å². The van der Waals surface area contributed by atoms with E-state index in [1.54, 1.807) is 6.07 Å². The van der Waals surface area contributed by atoms with Crippen LogP contribution in [0.5, 0.6) is 5.75 Å². The van der Waals surface area contributed by atoms with Crippen LogP contribution in [0.1, 0.15) is 12.5 Å². The van der Waals surface area contributed by atoms with Gasteiger partial charge in [0.2, 0.25) is 5.89 Å². The van der Waals surface area contributed by atoms with Crippen LogP contribution >= 0.6 is 0 Å². The van der Waals surface area contributed by atoms with Crippen molar-refractivity contribution in [3.63, 3.8) is 0 Å². The molecule has 0 bridgehead atoms. The van der Waals surface area contributed by atoms with Gasteiger partial charge >= 0.3 is 0 Å². The number of aryl methyl sites for hydroxylation is 1. The highest BCUT2D eigenvalue weighted by molar-refractivity contribution is 5.77. The molecule has 90 valence electrons. The first-order valence-corrected chi connectivity index (χ1v) is 5.96. The number of phenolic OH excluding ortho intramolecular Hbond substituents is 1. The molecule has 1 N–H and O–H groups in total. The third kappa shape index (κ3) is 1.74. The minimum absolute atomic E-state index is 0.209. The van der Waals surface area contributed by atoms with Crippen molar-refractivity contribution in [3.05, 3.63) is 48.0 Å². The lowest BCUT2D eigenvalue weighted by molar-refractivity contribution is 0.473. The minimum atomic E-state index is 0.209. The first kappa shape index (κ1) is 10.8. The van der Waals surface area contributed by atoms with Crippen molar-refractivity contribution in [2.45, 2.75) is 13.3 Å². The van der Waals surface area contributed by atoms with Gasteiger partial charge in [0.05, 0.1) is 5.56 Å². The number of oxazole rings is 1. The zero-order valence-electron chi connectivity index (χ0n) is 10.1. The molecule has 0 aliphatic rings. The molecule has 0 fully saturated rings. The third-order valence-corrected chi connectivity index (χ3v) is 2.99. The molecule has 0 atom stereocenters. The number of hydrogen-bond donors (Lipinski definition) is 1. The standard InChI is InChI=1S/C15H13NO2/c1-2-10-7-8-11(13(17)9-10)15-16-12-5-3-4-6-14(12)18-15/h3-9,17H,2H2,1H3. The molecule has 18 heavy (non-hydrogen) atoms. The number of aromatic hydroxyl groups is 1. The molecule has 3 rings (SSSR count). The molecule has 0 saturated heterocycles. The Balaban J connectivity index is 2.14. The van der Waals surface area contributed by atoms with E-state index < -0.39 is 0 Å². The summed E-state index contributed by atoms with van der Waals surface area (Å²) >= 11 is 0. The van der Waals surface area contributed by atoms with Crippen LogP contribution < -0.4 is 0 Å². The van der Waals surface area contributed by atoms with Crippen molar-refractivity contribution in [2.24, 2.45) is 0 Å². The molecule has 2 aromatic carbocycles. The van der Waals surface area contributed by atoms with Crippen molar-refractivity contribution in [2.75, 3.05) is 0 Å². The van der Waals surface area contributed by atoms with Crippen molar-refractivity contribution >= 4 is 11.1 Å². The van der Waals surface area contributed by atoms with Gasteiger partial charge in [0.15, 0.2) is 5.58 Å². The van der Waals surface area contributed by atoms with Gasteiger partial charge < -0.3 is 9.52 Å². The van der Waals surface area contributed by atoms with E-state index in [2.05, 4.69) is 4.98 Å². The second kappa shape index (κ2) is 4.18. The lowest BCUT2D eigenvalue weighted by atomic mass is 10.1. The Kier molecular flexibility index (Phi) is 2.52. The molecule has 3 heteroatoms. The van der Waals surface area contributed by atoms with Crippen LogP contribution in [0.15, 0.2) is 46.9 Å². The lowest BCUT2D eigenvalue weighted by Crippen LogP contribution is -1.83. The van der Waals surface area contributed by atoms with E-state index in [0.717, 1.165) is 23.1 Å². The number of benzene rings is 2. The number of nitrogens with zero attached hydrogens (tertiary/aromatic N) is 1. The summed E-state index contributed by atoms with van der Waals surface area (Å²) in [5.41, 5.74) is 3.24. The van der Waals surface area contributed by atoms with Crippen molar-refractivity contribution in [1.29, 1.82) is 0 Å². The number of para-hydroxylation sites is 2. The van der Waals surface area contributed by atoms with Crippen LogP contribution in [0.4, 0.5) is 0 Å². The van der Waals surface area contributed by atoms with Gasteiger partial charge in [-0.25, -0.2) is 4.98 Å². The smallest absolute Gasteiger partial charge is 0.231 e. The quantitative estimate of drug-likeness (QED) is 0.740. The molecule has 0 unspecified atom stereocenters. The molecule has 0 aliphatic carbocycles. The Labute approximate surface area is 105 Å². The molecule has 0 amide bonds. The Morgan fingerprint density at radius 3 is 2.72 bits per heavy atom. The molecule has 1 aromatic heterocycles. The monoisotopic (exact) mass is 239 g/mol. The third-order valence-electron chi connectivity index (χ3n) is 2.99. The Hall–Kier alpha value is -2.29. The maximum atomic E-state index is 10.0. The van der Waals surface area contributed by atoms with Gasteiger partial charge in [0, 0.05) is 0 Å². The summed E-state index contributed by atoms with van der Waals surface area (Å²) in [5, 5.41) is 10.0. The van der Waals surface area contributed by atoms with Crippen LogP contribution in [-0.4, -0.2) is 10.1 Å².